The van der Waals surface area contributed by atoms with E-state index in [2.05, 4.69) is 5.32 Å². The smallest absolute Gasteiger partial charge is 0.292 e. The normalized spacial score (nSPS) is 9.19. The summed E-state index contributed by atoms with van der Waals surface area (Å²) in [5, 5.41) is 21.8. The lowest BCUT2D eigenvalue weighted by molar-refractivity contribution is -0.384. The number of carbonyl (C=O) groups is 1. The first kappa shape index (κ1) is 11.5. The molecule has 82 valence electrons. The highest BCUT2D eigenvalue weighted by atomic mass is 16.6. The summed E-state index contributed by atoms with van der Waals surface area (Å²) < 4.78 is 0. The van der Waals surface area contributed by atoms with Crippen molar-refractivity contribution < 1.29 is 9.72 Å². The highest BCUT2D eigenvalue weighted by Gasteiger charge is 2.14. The van der Waals surface area contributed by atoms with Crippen molar-refractivity contribution in [2.24, 2.45) is 5.73 Å². The summed E-state index contributed by atoms with van der Waals surface area (Å²) in [7, 11) is 0. The van der Waals surface area contributed by atoms with Crippen molar-refractivity contribution in [3.05, 3.63) is 33.9 Å². The Morgan fingerprint density at radius 1 is 1.62 bits per heavy atom. The molecule has 0 saturated carbocycles. The van der Waals surface area contributed by atoms with E-state index in [9.17, 15) is 14.9 Å². The number of benzene rings is 1. The van der Waals surface area contributed by atoms with E-state index in [1.807, 2.05) is 6.07 Å². The summed E-state index contributed by atoms with van der Waals surface area (Å²) >= 11 is 0. The number of anilines is 1. The molecule has 0 unspecified atom stereocenters. The summed E-state index contributed by atoms with van der Waals surface area (Å²) in [5.41, 5.74) is 5.05. The summed E-state index contributed by atoms with van der Waals surface area (Å²) in [6, 6.07) is 5.66. The maximum absolute atomic E-state index is 10.6. The number of carbonyl (C=O) groups excluding carboxylic acids is 1. The maximum atomic E-state index is 10.6. The van der Waals surface area contributed by atoms with E-state index in [1.54, 1.807) is 0 Å². The predicted octanol–water partition coefficient (Wildman–Crippen LogP) is 0.364. The molecule has 1 amide bonds. The Hall–Kier alpha value is -2.62. The Morgan fingerprint density at radius 3 is 2.81 bits per heavy atom. The number of hydrogen-bond donors (Lipinski definition) is 2. The lowest BCUT2D eigenvalue weighted by atomic mass is 10.2. The number of nitro groups is 1. The second-order valence-electron chi connectivity index (χ2n) is 2.92. The van der Waals surface area contributed by atoms with Crippen molar-refractivity contribution in [3.63, 3.8) is 0 Å². The van der Waals surface area contributed by atoms with Crippen LogP contribution < -0.4 is 11.1 Å². The van der Waals surface area contributed by atoms with E-state index in [0.29, 0.717) is 0 Å². The van der Waals surface area contributed by atoms with Crippen LogP contribution in [-0.4, -0.2) is 17.4 Å². The Balaban J connectivity index is 3.06. The molecule has 7 heteroatoms. The van der Waals surface area contributed by atoms with Crippen molar-refractivity contribution in [1.29, 1.82) is 5.26 Å². The topological polar surface area (TPSA) is 122 Å². The third-order valence-corrected chi connectivity index (χ3v) is 1.78. The number of hydrogen-bond acceptors (Lipinski definition) is 5. The summed E-state index contributed by atoms with van der Waals surface area (Å²) in [5.74, 6) is -0.642. The quantitative estimate of drug-likeness (QED) is 0.560. The minimum Gasteiger partial charge on any atom is -0.371 e. The lowest BCUT2D eigenvalue weighted by Gasteiger charge is -2.04. The van der Waals surface area contributed by atoms with Crippen LogP contribution in [0.2, 0.25) is 0 Å². The fourth-order valence-corrected chi connectivity index (χ4v) is 1.09. The summed E-state index contributed by atoms with van der Waals surface area (Å²) in [6.45, 7) is -0.226. The van der Waals surface area contributed by atoms with Crippen LogP contribution in [-0.2, 0) is 4.79 Å². The molecule has 16 heavy (non-hydrogen) atoms. The van der Waals surface area contributed by atoms with Gasteiger partial charge in [0.2, 0.25) is 5.91 Å². The fraction of sp³-hybridized carbons (Fsp3) is 0.111. The van der Waals surface area contributed by atoms with Gasteiger partial charge in [-0.25, -0.2) is 0 Å². The molecule has 0 heterocycles. The zero-order valence-corrected chi connectivity index (χ0v) is 8.14. The summed E-state index contributed by atoms with van der Waals surface area (Å²) in [4.78, 5) is 20.6. The number of nitro benzene ring substituents is 1. The van der Waals surface area contributed by atoms with Crippen LogP contribution in [0.5, 0.6) is 0 Å². The second-order valence-corrected chi connectivity index (χ2v) is 2.92. The molecule has 0 bridgehead atoms. The Morgan fingerprint density at radius 2 is 2.31 bits per heavy atom. The number of amides is 1. The van der Waals surface area contributed by atoms with Gasteiger partial charge in [0.25, 0.3) is 5.69 Å². The third-order valence-electron chi connectivity index (χ3n) is 1.78. The van der Waals surface area contributed by atoms with Crippen molar-refractivity contribution in [3.8, 4) is 6.07 Å². The maximum Gasteiger partial charge on any atom is 0.292 e. The van der Waals surface area contributed by atoms with Crippen LogP contribution in [0.15, 0.2) is 18.2 Å². The molecule has 0 spiro atoms. The molecule has 0 aliphatic rings. The number of nitriles is 1. The Bertz CT molecular complexity index is 478. The van der Waals surface area contributed by atoms with Gasteiger partial charge in [0, 0.05) is 6.07 Å². The van der Waals surface area contributed by atoms with Gasteiger partial charge in [0.15, 0.2) is 0 Å². The van der Waals surface area contributed by atoms with Crippen molar-refractivity contribution in [1.82, 2.24) is 0 Å². The molecular weight excluding hydrogens is 212 g/mol. The molecule has 1 aromatic carbocycles. The average molecular weight is 220 g/mol. The highest BCUT2D eigenvalue weighted by molar-refractivity contribution is 5.80. The number of rotatable bonds is 4. The van der Waals surface area contributed by atoms with Crippen molar-refractivity contribution >= 4 is 17.3 Å². The minimum atomic E-state index is -0.642. The van der Waals surface area contributed by atoms with E-state index in [4.69, 9.17) is 11.0 Å². The van der Waals surface area contributed by atoms with Crippen LogP contribution in [0.1, 0.15) is 5.56 Å². The molecule has 7 nitrogen and oxygen atoms in total. The van der Waals surface area contributed by atoms with Crippen LogP contribution in [0, 0.1) is 21.4 Å². The molecule has 0 saturated heterocycles. The molecule has 0 radical (unpaired) electrons. The van der Waals surface area contributed by atoms with Gasteiger partial charge in [-0.2, -0.15) is 5.26 Å². The van der Waals surface area contributed by atoms with Gasteiger partial charge < -0.3 is 11.1 Å². The SMILES string of the molecule is N#Cc1ccc([N+](=O)[O-])c(NCC(N)=O)c1. The molecule has 0 atom stereocenters. The van der Waals surface area contributed by atoms with Crippen LogP contribution in [0.3, 0.4) is 0 Å². The van der Waals surface area contributed by atoms with Gasteiger partial charge in [-0.3, -0.25) is 14.9 Å². The van der Waals surface area contributed by atoms with Crippen molar-refractivity contribution in [2.75, 3.05) is 11.9 Å². The van der Waals surface area contributed by atoms with E-state index in [0.717, 1.165) is 0 Å². The van der Waals surface area contributed by atoms with Gasteiger partial charge in [-0.1, -0.05) is 0 Å². The monoisotopic (exact) mass is 220 g/mol. The molecule has 3 N–H and O–H groups in total. The van der Waals surface area contributed by atoms with Gasteiger partial charge >= 0.3 is 0 Å². The van der Waals surface area contributed by atoms with Gasteiger partial charge in [0.1, 0.15) is 5.69 Å². The highest BCUT2D eigenvalue weighted by Crippen LogP contribution is 2.24. The molecule has 1 rings (SSSR count). The first-order valence-corrected chi connectivity index (χ1v) is 4.25. The number of nitrogens with two attached hydrogens (primary N) is 1. The molecule has 0 aliphatic heterocycles. The van der Waals surface area contributed by atoms with Crippen molar-refractivity contribution in [2.45, 2.75) is 0 Å². The average Bonchev–Trinajstić information content (AvgIpc) is 2.25. The number of nitrogens with zero attached hydrogens (tertiary/aromatic N) is 2. The fourth-order valence-electron chi connectivity index (χ4n) is 1.09. The first-order chi connectivity index (χ1) is 7.54. The summed E-state index contributed by atoms with van der Waals surface area (Å²) in [6.07, 6.45) is 0. The van der Waals surface area contributed by atoms with Crippen LogP contribution >= 0.6 is 0 Å². The van der Waals surface area contributed by atoms with Gasteiger partial charge in [-0.05, 0) is 12.1 Å². The largest absolute Gasteiger partial charge is 0.371 e. The lowest BCUT2D eigenvalue weighted by Crippen LogP contribution is -2.22. The molecule has 1 aromatic rings. The third kappa shape index (κ3) is 2.68. The molecule has 0 fully saturated rings. The first-order valence-electron chi connectivity index (χ1n) is 4.25. The van der Waals surface area contributed by atoms with Crippen LogP contribution in [0.4, 0.5) is 11.4 Å². The van der Waals surface area contributed by atoms with Gasteiger partial charge in [0.05, 0.1) is 23.1 Å². The zero-order chi connectivity index (χ0) is 12.1. The Kier molecular flexibility index (Phi) is 3.40. The molecule has 0 aromatic heterocycles. The zero-order valence-electron chi connectivity index (χ0n) is 8.14. The predicted molar refractivity (Wildman–Crippen MR) is 55.5 cm³/mol. The molecular formula is C9H8N4O3. The van der Waals surface area contributed by atoms with E-state index in [-0.39, 0.29) is 23.5 Å². The van der Waals surface area contributed by atoms with E-state index in [1.165, 1.54) is 18.2 Å². The number of primary amides is 1. The second kappa shape index (κ2) is 4.75. The number of nitrogens with one attached hydrogen (secondary N) is 1. The van der Waals surface area contributed by atoms with Gasteiger partial charge in [-0.15, -0.1) is 0 Å². The Labute approximate surface area is 90.6 Å². The van der Waals surface area contributed by atoms with E-state index >= 15 is 0 Å². The molecule has 0 aliphatic carbocycles. The minimum absolute atomic E-state index is 0.0999. The van der Waals surface area contributed by atoms with Crippen LogP contribution in [0.25, 0.3) is 0 Å². The standard InChI is InChI=1S/C9H8N4O3/c10-4-6-1-2-8(13(15)16)7(3-6)12-5-9(11)14/h1-3,12H,5H2,(H2,11,14). The van der Waals surface area contributed by atoms with E-state index < -0.39 is 10.8 Å².